The molecule has 4 heteroatoms. The van der Waals surface area contributed by atoms with E-state index in [-0.39, 0.29) is 5.91 Å². The molecule has 0 radical (unpaired) electrons. The van der Waals surface area contributed by atoms with E-state index in [2.05, 4.69) is 10.6 Å². The number of benzene rings is 1. The maximum absolute atomic E-state index is 11.1. The molecule has 3 rings (SSSR count). The summed E-state index contributed by atoms with van der Waals surface area (Å²) in [6.07, 6.45) is 5.39. The molecule has 1 aliphatic heterocycles. The molecule has 2 aliphatic rings. The summed E-state index contributed by atoms with van der Waals surface area (Å²) in [6.45, 7) is 4.47. The monoisotopic (exact) mass is 289 g/mol. The number of rotatable bonds is 6. The number of amides is 1. The van der Waals surface area contributed by atoms with Crippen molar-refractivity contribution in [2.75, 3.05) is 26.2 Å². The predicted molar refractivity (Wildman–Crippen MR) is 81.0 cm³/mol. The van der Waals surface area contributed by atoms with Gasteiger partial charge in [0.2, 0.25) is 0 Å². The lowest BCUT2D eigenvalue weighted by Gasteiger charge is -2.16. The van der Waals surface area contributed by atoms with Gasteiger partial charge in [-0.1, -0.05) is 6.42 Å². The number of quaternary nitrogens is 1. The lowest BCUT2D eigenvalue weighted by molar-refractivity contribution is -0.255. The van der Waals surface area contributed by atoms with Gasteiger partial charge in [0.1, 0.15) is 5.75 Å². The highest BCUT2D eigenvalue weighted by atomic mass is 16.5. The minimum Gasteiger partial charge on any atom is -0.494 e. The van der Waals surface area contributed by atoms with Crippen molar-refractivity contribution in [1.82, 2.24) is 4.90 Å². The number of ether oxygens (including phenoxy) is 1. The average Bonchev–Trinajstić information content (AvgIpc) is 3.05. The lowest BCUT2D eigenvalue weighted by atomic mass is 10.0. The number of hydrogen-bond acceptors (Lipinski definition) is 3. The van der Waals surface area contributed by atoms with Gasteiger partial charge in [-0.2, -0.15) is 0 Å². The van der Waals surface area contributed by atoms with Gasteiger partial charge in [0.15, 0.2) is 0 Å². The lowest BCUT2D eigenvalue weighted by Crippen LogP contribution is -2.56. The fraction of sp³-hybridized carbons (Fsp3) is 0.588. The second kappa shape index (κ2) is 6.58. The van der Waals surface area contributed by atoms with Crippen LogP contribution in [0.15, 0.2) is 24.3 Å². The first-order chi connectivity index (χ1) is 10.2. The third kappa shape index (κ3) is 3.63. The highest BCUT2D eigenvalue weighted by molar-refractivity contribution is 5.85. The van der Waals surface area contributed by atoms with Crippen LogP contribution in [0.5, 0.6) is 5.75 Å². The first-order valence-corrected chi connectivity index (χ1v) is 8.04. The molecule has 1 aromatic rings. The second-order valence-corrected chi connectivity index (χ2v) is 6.36. The van der Waals surface area contributed by atoms with Crippen molar-refractivity contribution in [3.8, 4) is 5.75 Å². The quantitative estimate of drug-likeness (QED) is 0.809. The summed E-state index contributed by atoms with van der Waals surface area (Å²) in [7, 11) is 0. The van der Waals surface area contributed by atoms with Gasteiger partial charge in [0.25, 0.3) is 0 Å². The van der Waals surface area contributed by atoms with Crippen LogP contribution in [0.3, 0.4) is 0 Å². The van der Waals surface area contributed by atoms with E-state index in [0.29, 0.717) is 5.56 Å². The van der Waals surface area contributed by atoms with Crippen LogP contribution >= 0.6 is 0 Å². The number of carbonyl (C=O) groups excluding carboxylic acids is 1. The Hall–Kier alpha value is -1.39. The van der Waals surface area contributed by atoms with Gasteiger partial charge >= 0.3 is 5.91 Å². The molecule has 3 N–H and O–H groups in total. The van der Waals surface area contributed by atoms with Crippen molar-refractivity contribution < 1.29 is 15.3 Å². The van der Waals surface area contributed by atoms with E-state index in [1.807, 2.05) is 12.1 Å². The standard InChI is InChI=1S/C17H24N2O2/c18-17(20)13-5-7-16(8-6-13)21-10-2-9-19-11-14-3-1-4-15(14)12-19/h5-8,14-15H,1-4,9-12H2,(H2,18,20)/p+1. The summed E-state index contributed by atoms with van der Waals surface area (Å²) < 4.78 is 5.74. The smallest absolute Gasteiger partial charge is 0.340 e. The molecule has 1 saturated heterocycles. The van der Waals surface area contributed by atoms with E-state index in [4.69, 9.17) is 4.74 Å². The third-order valence-electron chi connectivity index (χ3n) is 4.87. The van der Waals surface area contributed by atoms with Crippen LogP contribution in [0.4, 0.5) is 0 Å². The molecule has 0 aromatic heterocycles. The minimum atomic E-state index is -0.152. The van der Waals surface area contributed by atoms with E-state index < -0.39 is 0 Å². The first-order valence-electron chi connectivity index (χ1n) is 8.04. The third-order valence-corrected chi connectivity index (χ3v) is 4.87. The molecule has 21 heavy (non-hydrogen) atoms. The van der Waals surface area contributed by atoms with Crippen LogP contribution in [0.25, 0.3) is 0 Å². The molecule has 4 nitrogen and oxygen atoms in total. The Kier molecular flexibility index (Phi) is 4.56. The van der Waals surface area contributed by atoms with Crippen LogP contribution < -0.4 is 10.5 Å². The van der Waals surface area contributed by atoms with Crippen molar-refractivity contribution in [2.24, 2.45) is 11.8 Å². The molecule has 0 spiro atoms. The van der Waals surface area contributed by atoms with Crippen molar-refractivity contribution >= 4 is 5.91 Å². The molecule has 1 aromatic carbocycles. The van der Waals surface area contributed by atoms with Crippen LogP contribution in [-0.4, -0.2) is 37.0 Å². The Morgan fingerprint density at radius 3 is 2.48 bits per heavy atom. The van der Waals surface area contributed by atoms with Crippen molar-refractivity contribution in [1.29, 1.82) is 0 Å². The molecule has 1 saturated carbocycles. The van der Waals surface area contributed by atoms with Gasteiger partial charge in [-0.05, 0) is 55.4 Å². The van der Waals surface area contributed by atoms with Crippen LogP contribution in [0, 0.1) is 11.8 Å². The van der Waals surface area contributed by atoms with E-state index in [9.17, 15) is 4.79 Å². The molecule has 0 bridgehead atoms. The molecular weight excluding hydrogens is 264 g/mol. The van der Waals surface area contributed by atoms with E-state index in [0.717, 1.165) is 37.2 Å². The van der Waals surface area contributed by atoms with Gasteiger partial charge in [-0.3, -0.25) is 5.73 Å². The number of hydrogen-bond donors (Lipinski definition) is 1. The Balaban J connectivity index is 1.36. The Labute approximate surface area is 126 Å². The van der Waals surface area contributed by atoms with E-state index in [1.165, 1.54) is 32.4 Å². The Bertz CT molecular complexity index is 474. The van der Waals surface area contributed by atoms with Crippen LogP contribution in [-0.2, 0) is 0 Å². The van der Waals surface area contributed by atoms with Gasteiger partial charge in [0, 0.05) is 19.6 Å². The van der Waals surface area contributed by atoms with Gasteiger partial charge in [-0.25, -0.2) is 4.79 Å². The van der Waals surface area contributed by atoms with Crippen molar-refractivity contribution in [3.05, 3.63) is 29.8 Å². The highest BCUT2D eigenvalue weighted by Gasteiger charge is 2.35. The number of nitrogens with zero attached hydrogens (tertiary/aromatic N) is 1. The zero-order valence-electron chi connectivity index (χ0n) is 12.6. The molecule has 1 heterocycles. The maximum Gasteiger partial charge on any atom is 0.340 e. The highest BCUT2D eigenvalue weighted by Crippen LogP contribution is 2.37. The van der Waals surface area contributed by atoms with Crippen LogP contribution in [0.1, 0.15) is 36.0 Å². The maximum atomic E-state index is 11.1. The fourth-order valence-corrected chi connectivity index (χ4v) is 3.73. The number of carbonyl (C=O) groups is 1. The molecule has 2 fully saturated rings. The summed E-state index contributed by atoms with van der Waals surface area (Å²) in [5.41, 5.74) is 4.03. The second-order valence-electron chi connectivity index (χ2n) is 6.36. The van der Waals surface area contributed by atoms with Crippen molar-refractivity contribution in [3.63, 3.8) is 0 Å². The summed E-state index contributed by atoms with van der Waals surface area (Å²) >= 11 is 0. The van der Waals surface area contributed by atoms with Gasteiger partial charge < -0.3 is 9.64 Å². The predicted octanol–water partition coefficient (Wildman–Crippen LogP) is 1.57. The van der Waals surface area contributed by atoms with Crippen LogP contribution in [0.2, 0.25) is 0 Å². The SMILES string of the molecule is [NH3+]C(=O)c1ccc(OCCCN2CC3CCCC3C2)cc1. The van der Waals surface area contributed by atoms with Gasteiger partial charge in [-0.15, -0.1) is 0 Å². The van der Waals surface area contributed by atoms with E-state index in [1.54, 1.807) is 12.1 Å². The summed E-state index contributed by atoms with van der Waals surface area (Å²) in [6, 6.07) is 7.23. The Morgan fingerprint density at radius 2 is 1.86 bits per heavy atom. The molecule has 1 amide bonds. The molecule has 1 aliphatic carbocycles. The summed E-state index contributed by atoms with van der Waals surface area (Å²) in [5.74, 6) is 2.62. The topological polar surface area (TPSA) is 57.2 Å². The first kappa shape index (κ1) is 14.5. The number of fused-ring (bicyclic) bond motifs is 1. The summed E-state index contributed by atoms with van der Waals surface area (Å²) in [5, 5.41) is 0. The fourth-order valence-electron chi connectivity index (χ4n) is 3.73. The Morgan fingerprint density at radius 1 is 1.19 bits per heavy atom. The molecule has 114 valence electrons. The van der Waals surface area contributed by atoms with Gasteiger partial charge in [0.05, 0.1) is 12.2 Å². The average molecular weight is 289 g/mol. The molecule has 2 atom stereocenters. The largest absolute Gasteiger partial charge is 0.494 e. The van der Waals surface area contributed by atoms with Crippen molar-refractivity contribution in [2.45, 2.75) is 25.7 Å². The zero-order valence-corrected chi connectivity index (χ0v) is 12.6. The normalized spacial score (nSPS) is 25.0. The van der Waals surface area contributed by atoms with E-state index >= 15 is 0 Å². The molecule has 2 unspecified atom stereocenters. The zero-order chi connectivity index (χ0) is 14.7. The molecular formula is C17H25N2O2+. The summed E-state index contributed by atoms with van der Waals surface area (Å²) in [4.78, 5) is 13.7. The number of likely N-dealkylation sites (tertiary alicyclic amines) is 1. The minimum absolute atomic E-state index is 0.152.